The zero-order valence-corrected chi connectivity index (χ0v) is 15.1. The van der Waals surface area contributed by atoms with Gasteiger partial charge in [-0.15, -0.1) is 0 Å². The molecule has 0 unspecified atom stereocenters. The lowest BCUT2D eigenvalue weighted by Crippen LogP contribution is -2.28. The maximum absolute atomic E-state index is 13.6. The van der Waals surface area contributed by atoms with Gasteiger partial charge in [-0.05, 0) is 18.2 Å². The van der Waals surface area contributed by atoms with Crippen molar-refractivity contribution in [2.24, 2.45) is 0 Å². The van der Waals surface area contributed by atoms with Crippen molar-refractivity contribution in [1.29, 1.82) is 0 Å². The van der Waals surface area contributed by atoms with Crippen molar-refractivity contribution in [3.05, 3.63) is 69.5 Å². The highest BCUT2D eigenvalue weighted by Crippen LogP contribution is 2.21. The molecule has 2 aromatic carbocycles. The normalized spacial score (nSPS) is 10.2. The summed E-state index contributed by atoms with van der Waals surface area (Å²) in [5, 5.41) is 14.9. The molecule has 0 atom stereocenters. The third kappa shape index (κ3) is 6.29. The van der Waals surface area contributed by atoms with Gasteiger partial charge in [0.15, 0.2) is 6.61 Å². The first-order valence-electron chi connectivity index (χ1n) is 8.30. The lowest BCUT2D eigenvalue weighted by Gasteiger charge is -2.08. The van der Waals surface area contributed by atoms with Crippen LogP contribution in [0.2, 0.25) is 0 Å². The Hall–Kier alpha value is -3.96. The van der Waals surface area contributed by atoms with E-state index in [-0.39, 0.29) is 13.0 Å². The molecule has 0 fully saturated rings. The highest BCUT2D eigenvalue weighted by Gasteiger charge is 2.15. The molecule has 0 aromatic heterocycles. The van der Waals surface area contributed by atoms with Crippen molar-refractivity contribution in [2.75, 3.05) is 18.5 Å². The van der Waals surface area contributed by atoms with Gasteiger partial charge in [-0.25, -0.2) is 13.2 Å². The van der Waals surface area contributed by atoms with E-state index in [4.69, 9.17) is 0 Å². The van der Waals surface area contributed by atoms with E-state index in [1.54, 1.807) is 0 Å². The van der Waals surface area contributed by atoms with Crippen LogP contribution in [0.1, 0.15) is 16.8 Å². The molecule has 0 radical (unpaired) electrons. The van der Waals surface area contributed by atoms with Gasteiger partial charge >= 0.3 is 5.97 Å². The highest BCUT2D eigenvalue weighted by atomic mass is 19.1. The first kappa shape index (κ1) is 22.3. The number of benzene rings is 2. The summed E-state index contributed by atoms with van der Waals surface area (Å²) in [4.78, 5) is 45.0. The molecule has 2 amide bonds. The number of anilines is 1. The monoisotopic (exact) mass is 425 g/mol. The number of carbonyl (C=O) groups is 3. The Labute approximate surface area is 167 Å². The molecule has 2 rings (SSSR count). The van der Waals surface area contributed by atoms with Crippen molar-refractivity contribution in [3.8, 4) is 0 Å². The maximum atomic E-state index is 13.6. The van der Waals surface area contributed by atoms with Crippen LogP contribution in [0.5, 0.6) is 0 Å². The van der Waals surface area contributed by atoms with Crippen molar-refractivity contribution in [2.45, 2.75) is 6.42 Å². The number of rotatable bonds is 8. The smallest absolute Gasteiger partial charge is 0.308 e. The molecule has 12 heteroatoms. The van der Waals surface area contributed by atoms with Crippen LogP contribution in [0.25, 0.3) is 0 Å². The number of ether oxygens (including phenoxy) is 1. The van der Waals surface area contributed by atoms with Crippen molar-refractivity contribution < 1.29 is 37.2 Å². The SMILES string of the molecule is O=C(COC(=O)CCNC(=O)c1ccc(F)cc1F)Nc1cc([N+](=O)[O-])ccc1F. The minimum atomic E-state index is -1.07. The van der Waals surface area contributed by atoms with E-state index in [1.807, 2.05) is 5.32 Å². The Balaban J connectivity index is 1.76. The van der Waals surface area contributed by atoms with E-state index >= 15 is 0 Å². The molecule has 158 valence electrons. The van der Waals surface area contributed by atoms with Crippen LogP contribution in [-0.2, 0) is 14.3 Å². The van der Waals surface area contributed by atoms with E-state index in [0.29, 0.717) is 6.07 Å². The minimum Gasteiger partial charge on any atom is -0.456 e. The van der Waals surface area contributed by atoms with Crippen molar-refractivity contribution in [3.63, 3.8) is 0 Å². The summed E-state index contributed by atoms with van der Waals surface area (Å²) < 4.78 is 44.5. The molecule has 0 aliphatic rings. The zero-order valence-electron chi connectivity index (χ0n) is 15.1. The topological polar surface area (TPSA) is 128 Å². The van der Waals surface area contributed by atoms with Gasteiger partial charge in [-0.3, -0.25) is 24.5 Å². The van der Waals surface area contributed by atoms with Gasteiger partial charge in [0.05, 0.1) is 22.6 Å². The molecule has 0 saturated heterocycles. The number of hydrogen-bond acceptors (Lipinski definition) is 6. The number of nitrogens with one attached hydrogen (secondary N) is 2. The summed E-state index contributed by atoms with van der Waals surface area (Å²) in [5.41, 5.74) is -1.32. The minimum absolute atomic E-state index is 0.254. The molecule has 0 bridgehead atoms. The maximum Gasteiger partial charge on any atom is 0.308 e. The molecule has 0 saturated carbocycles. The molecule has 2 N–H and O–H groups in total. The van der Waals surface area contributed by atoms with Crippen molar-refractivity contribution in [1.82, 2.24) is 5.32 Å². The number of hydrogen-bond donors (Lipinski definition) is 2. The van der Waals surface area contributed by atoms with E-state index in [9.17, 15) is 37.7 Å². The van der Waals surface area contributed by atoms with Gasteiger partial charge in [0, 0.05) is 24.7 Å². The number of nitro benzene ring substituents is 1. The fourth-order valence-corrected chi connectivity index (χ4v) is 2.17. The Morgan fingerprint density at radius 2 is 1.77 bits per heavy atom. The molecule has 0 aliphatic heterocycles. The number of non-ortho nitro benzene ring substituents is 1. The quantitative estimate of drug-likeness (QED) is 0.380. The zero-order chi connectivity index (χ0) is 22.3. The fourth-order valence-electron chi connectivity index (χ4n) is 2.17. The Morgan fingerprint density at radius 3 is 2.43 bits per heavy atom. The van der Waals surface area contributed by atoms with Crippen LogP contribution in [0.15, 0.2) is 36.4 Å². The second-order valence-electron chi connectivity index (χ2n) is 5.76. The Bertz CT molecular complexity index is 999. The van der Waals surface area contributed by atoms with Gasteiger partial charge in [-0.1, -0.05) is 0 Å². The van der Waals surface area contributed by atoms with Crippen LogP contribution < -0.4 is 10.6 Å². The lowest BCUT2D eigenvalue weighted by atomic mass is 10.2. The second kappa shape index (κ2) is 10.0. The summed E-state index contributed by atoms with van der Waals surface area (Å²) in [5.74, 6) is -5.56. The first-order chi connectivity index (χ1) is 14.2. The third-order valence-corrected chi connectivity index (χ3v) is 3.59. The molecule has 9 nitrogen and oxygen atoms in total. The number of amides is 2. The number of nitrogens with zero attached hydrogens (tertiary/aromatic N) is 1. The molecule has 30 heavy (non-hydrogen) atoms. The molecular weight excluding hydrogens is 411 g/mol. The fraction of sp³-hybridized carbons (Fsp3) is 0.167. The third-order valence-electron chi connectivity index (χ3n) is 3.59. The number of esters is 1. The standard InChI is InChI=1S/C18H14F3N3O6/c19-10-1-3-12(14(21)7-10)18(27)22-6-5-17(26)30-9-16(25)23-15-8-11(24(28)29)2-4-13(15)20/h1-4,7-8H,5-6,9H2,(H,22,27)(H,23,25). The van der Waals surface area contributed by atoms with Gasteiger partial charge in [0.25, 0.3) is 17.5 Å². The van der Waals surface area contributed by atoms with Gasteiger partial charge < -0.3 is 15.4 Å². The summed E-state index contributed by atoms with van der Waals surface area (Å²) >= 11 is 0. The van der Waals surface area contributed by atoms with Gasteiger partial charge in [-0.2, -0.15) is 0 Å². The summed E-state index contributed by atoms with van der Waals surface area (Å²) in [6, 6.07) is 4.89. The average Bonchev–Trinajstić information content (AvgIpc) is 2.67. The van der Waals surface area contributed by atoms with Gasteiger partial charge in [0.1, 0.15) is 17.5 Å². The number of halogens is 3. The summed E-state index contributed by atoms with van der Waals surface area (Å²) in [7, 11) is 0. The Kier molecular flexibility index (Phi) is 7.44. The largest absolute Gasteiger partial charge is 0.456 e. The van der Waals surface area contributed by atoms with Crippen LogP contribution >= 0.6 is 0 Å². The van der Waals surface area contributed by atoms with Crippen molar-refractivity contribution >= 4 is 29.2 Å². The van der Waals surface area contributed by atoms with Crippen LogP contribution in [-0.4, -0.2) is 35.9 Å². The van der Waals surface area contributed by atoms with E-state index in [0.717, 1.165) is 30.3 Å². The molecule has 2 aromatic rings. The van der Waals surface area contributed by atoms with E-state index in [2.05, 4.69) is 10.1 Å². The molecule has 0 spiro atoms. The molecular formula is C18H14F3N3O6. The van der Waals surface area contributed by atoms with Crippen LogP contribution in [0.3, 0.4) is 0 Å². The number of nitro groups is 1. The Morgan fingerprint density at radius 1 is 1.03 bits per heavy atom. The second-order valence-corrected chi connectivity index (χ2v) is 5.76. The summed E-state index contributed by atoms with van der Waals surface area (Å²) in [6.45, 7) is -1.06. The van der Waals surface area contributed by atoms with Crippen LogP contribution in [0.4, 0.5) is 24.5 Å². The summed E-state index contributed by atoms with van der Waals surface area (Å²) in [6.07, 6.45) is -0.368. The van der Waals surface area contributed by atoms with E-state index < -0.39 is 63.7 Å². The van der Waals surface area contributed by atoms with E-state index in [1.165, 1.54) is 0 Å². The predicted octanol–water partition coefficient (Wildman–Crippen LogP) is 2.31. The highest BCUT2D eigenvalue weighted by molar-refractivity contribution is 5.95. The number of carbonyl (C=O) groups excluding carboxylic acids is 3. The van der Waals surface area contributed by atoms with Gasteiger partial charge in [0.2, 0.25) is 0 Å². The molecule has 0 aliphatic carbocycles. The molecule has 0 heterocycles. The average molecular weight is 425 g/mol. The first-order valence-corrected chi connectivity index (χ1v) is 8.30. The lowest BCUT2D eigenvalue weighted by molar-refractivity contribution is -0.384. The van der Waals surface area contributed by atoms with Crippen LogP contribution in [0, 0.1) is 27.6 Å². The predicted molar refractivity (Wildman–Crippen MR) is 96.0 cm³/mol.